The molecular formula is C8H18CaO4. The molecule has 0 N–H and O–H groups in total. The molecule has 0 saturated heterocycles. The minimum Gasteiger partial charge on any atom is -0.854 e. The molecule has 0 aromatic carbocycles. The third kappa shape index (κ3) is 32.0. The van der Waals surface area contributed by atoms with Crippen molar-refractivity contribution in [2.45, 2.75) is 12.8 Å². The van der Waals surface area contributed by atoms with E-state index in [9.17, 15) is 10.2 Å². The van der Waals surface area contributed by atoms with Crippen LogP contribution in [-0.4, -0.2) is 78.4 Å². The first-order valence-corrected chi connectivity index (χ1v) is 3.97. The van der Waals surface area contributed by atoms with Crippen molar-refractivity contribution < 1.29 is 19.7 Å². The summed E-state index contributed by atoms with van der Waals surface area (Å²) in [5.74, 6) is 0. The van der Waals surface area contributed by atoms with Crippen molar-refractivity contribution in [1.29, 1.82) is 0 Å². The molecule has 0 bridgehead atoms. The Bertz CT molecular complexity index is 48.1. The van der Waals surface area contributed by atoms with Crippen molar-refractivity contribution in [1.82, 2.24) is 0 Å². The molecule has 0 unspecified atom stereocenters. The van der Waals surface area contributed by atoms with E-state index in [0.717, 1.165) is 0 Å². The van der Waals surface area contributed by atoms with Gasteiger partial charge in [-0.1, -0.05) is 0 Å². The Morgan fingerprint density at radius 3 is 1.23 bits per heavy atom. The van der Waals surface area contributed by atoms with Crippen molar-refractivity contribution >= 4 is 37.7 Å². The topological polar surface area (TPSA) is 64.6 Å². The maximum Gasteiger partial charge on any atom is 2.00 e. The van der Waals surface area contributed by atoms with Crippen molar-refractivity contribution in [2.75, 3.05) is 40.6 Å². The third-order valence-corrected chi connectivity index (χ3v) is 0.986. The molecule has 0 heterocycles. The summed E-state index contributed by atoms with van der Waals surface area (Å²) in [5, 5.41) is 19.2. The van der Waals surface area contributed by atoms with Crippen LogP contribution in [0.15, 0.2) is 0 Å². The van der Waals surface area contributed by atoms with Gasteiger partial charge >= 0.3 is 37.7 Å². The van der Waals surface area contributed by atoms with Crippen molar-refractivity contribution in [3.8, 4) is 0 Å². The molecule has 0 atom stereocenters. The second-order valence-corrected chi connectivity index (χ2v) is 2.10. The fraction of sp³-hybridized carbons (Fsp3) is 1.00. The quantitative estimate of drug-likeness (QED) is 0.397. The Labute approximate surface area is 110 Å². The summed E-state index contributed by atoms with van der Waals surface area (Å²) in [6.45, 7) is 1.16. The predicted octanol–water partition coefficient (Wildman–Crippen LogP) is -1.61. The van der Waals surface area contributed by atoms with Gasteiger partial charge in [-0.25, -0.2) is 0 Å². The van der Waals surface area contributed by atoms with Crippen LogP contribution in [0.5, 0.6) is 0 Å². The molecule has 0 rings (SSSR count). The zero-order valence-electron chi connectivity index (χ0n) is 8.58. The normalized spacial score (nSPS) is 8.31. The summed E-state index contributed by atoms with van der Waals surface area (Å²) in [7, 11) is 3.19. The van der Waals surface area contributed by atoms with Gasteiger partial charge in [-0.2, -0.15) is 0 Å². The van der Waals surface area contributed by atoms with Gasteiger partial charge in [0.25, 0.3) is 0 Å². The molecule has 0 aliphatic heterocycles. The number of hydrogen-bond acceptors (Lipinski definition) is 4. The smallest absolute Gasteiger partial charge is 0.854 e. The molecule has 0 aliphatic rings. The van der Waals surface area contributed by atoms with E-state index in [0.29, 0.717) is 26.1 Å². The minimum absolute atomic E-state index is 0. The van der Waals surface area contributed by atoms with Crippen LogP contribution in [0, 0.1) is 0 Å². The molecule has 0 amide bonds. The molecule has 0 radical (unpaired) electrons. The number of hydrogen-bond donors (Lipinski definition) is 0. The second-order valence-electron chi connectivity index (χ2n) is 2.10. The molecule has 76 valence electrons. The van der Waals surface area contributed by atoms with E-state index in [1.54, 1.807) is 14.2 Å². The zero-order chi connectivity index (χ0) is 9.66. The van der Waals surface area contributed by atoms with Crippen molar-refractivity contribution in [3.63, 3.8) is 0 Å². The number of ether oxygens (including phenoxy) is 2. The van der Waals surface area contributed by atoms with Crippen LogP contribution in [0.4, 0.5) is 0 Å². The zero-order valence-corrected chi connectivity index (χ0v) is 10.8. The van der Waals surface area contributed by atoms with Crippen LogP contribution in [0.2, 0.25) is 0 Å². The summed E-state index contributed by atoms with van der Waals surface area (Å²) in [6.07, 6.45) is 1.27. The van der Waals surface area contributed by atoms with Crippen LogP contribution < -0.4 is 10.2 Å². The van der Waals surface area contributed by atoms with E-state index in [2.05, 4.69) is 9.47 Å². The molecule has 13 heavy (non-hydrogen) atoms. The Hall–Kier alpha value is 1.10. The molecule has 0 aliphatic carbocycles. The van der Waals surface area contributed by atoms with Gasteiger partial charge in [0, 0.05) is 27.4 Å². The van der Waals surface area contributed by atoms with Gasteiger partial charge < -0.3 is 19.7 Å². The molecule has 0 saturated carbocycles. The van der Waals surface area contributed by atoms with Crippen LogP contribution in [0.25, 0.3) is 0 Å². The molecule has 0 aromatic heterocycles. The molecule has 4 nitrogen and oxygen atoms in total. The van der Waals surface area contributed by atoms with Crippen LogP contribution in [-0.2, 0) is 9.47 Å². The molecular weight excluding hydrogens is 200 g/mol. The van der Waals surface area contributed by atoms with E-state index in [1.807, 2.05) is 0 Å². The Morgan fingerprint density at radius 2 is 1.15 bits per heavy atom. The first kappa shape index (κ1) is 19.6. The fourth-order valence-corrected chi connectivity index (χ4v) is 0.407. The molecule has 0 spiro atoms. The molecule has 0 fully saturated rings. The van der Waals surface area contributed by atoms with Gasteiger partial charge in [0.15, 0.2) is 0 Å². The first-order chi connectivity index (χ1) is 5.83. The van der Waals surface area contributed by atoms with Gasteiger partial charge in [-0.15, -0.1) is 13.2 Å². The van der Waals surface area contributed by atoms with E-state index >= 15 is 0 Å². The number of rotatable bonds is 6. The Morgan fingerprint density at radius 1 is 0.846 bits per heavy atom. The average Bonchev–Trinajstić information content (AvgIpc) is 2.12. The average molecular weight is 218 g/mol. The Kier molecular flexibility index (Phi) is 35.0. The Balaban J connectivity index is -0.000000143. The first-order valence-electron chi connectivity index (χ1n) is 3.97. The van der Waals surface area contributed by atoms with Crippen molar-refractivity contribution in [2.24, 2.45) is 0 Å². The van der Waals surface area contributed by atoms with Crippen LogP contribution in [0.1, 0.15) is 12.8 Å². The van der Waals surface area contributed by atoms with Gasteiger partial charge in [-0.05, 0) is 12.8 Å². The van der Waals surface area contributed by atoms with Crippen LogP contribution in [0.3, 0.4) is 0 Å². The summed E-state index contributed by atoms with van der Waals surface area (Å²) >= 11 is 0. The van der Waals surface area contributed by atoms with E-state index < -0.39 is 0 Å². The second kappa shape index (κ2) is 23.2. The summed E-state index contributed by atoms with van der Waals surface area (Å²) in [6, 6.07) is 0. The van der Waals surface area contributed by atoms with Crippen molar-refractivity contribution in [3.05, 3.63) is 0 Å². The minimum atomic E-state index is -0.0200. The summed E-state index contributed by atoms with van der Waals surface area (Å²) in [5.41, 5.74) is 0. The number of methoxy groups -OCH3 is 2. The van der Waals surface area contributed by atoms with E-state index in [4.69, 9.17) is 0 Å². The maximum absolute atomic E-state index is 9.61. The van der Waals surface area contributed by atoms with Gasteiger partial charge in [0.1, 0.15) is 0 Å². The third-order valence-electron chi connectivity index (χ3n) is 0.986. The van der Waals surface area contributed by atoms with Gasteiger partial charge in [0.2, 0.25) is 0 Å². The van der Waals surface area contributed by atoms with Crippen LogP contribution >= 0.6 is 0 Å². The standard InChI is InChI=1S/2C4H9O2.Ca/c2*1-6-4-2-3-5;/h2*2-4H2,1H3;/q2*-1;+2. The summed E-state index contributed by atoms with van der Waals surface area (Å²) < 4.78 is 9.16. The SMILES string of the molecule is COCCC[O-].COCCC[O-].[Ca+2]. The molecule has 5 heteroatoms. The van der Waals surface area contributed by atoms with Gasteiger partial charge in [0.05, 0.1) is 0 Å². The maximum atomic E-state index is 9.61. The fourth-order valence-electron chi connectivity index (χ4n) is 0.407. The predicted molar refractivity (Wildman–Crippen MR) is 48.5 cm³/mol. The summed E-state index contributed by atoms with van der Waals surface area (Å²) in [4.78, 5) is 0. The largest absolute Gasteiger partial charge is 2.00 e. The molecule has 0 aromatic rings. The van der Waals surface area contributed by atoms with E-state index in [1.165, 1.54) is 0 Å². The van der Waals surface area contributed by atoms with Gasteiger partial charge in [-0.3, -0.25) is 0 Å². The monoisotopic (exact) mass is 218 g/mol. The van der Waals surface area contributed by atoms with E-state index in [-0.39, 0.29) is 51.0 Å².